The Bertz CT molecular complexity index is 223. The van der Waals surface area contributed by atoms with Crippen molar-refractivity contribution in [1.29, 1.82) is 0 Å². The molecule has 1 amide bonds. The third-order valence-corrected chi connectivity index (χ3v) is 2.89. The smallest absolute Gasteiger partial charge is 0.404 e. The molecular weight excluding hydrogens is 222 g/mol. The number of rotatable bonds is 9. The van der Waals surface area contributed by atoms with E-state index < -0.39 is 6.09 Å². The number of carbonyl (C=O) groups is 1. The quantitative estimate of drug-likeness (QED) is 0.677. The number of hydrogen-bond donors (Lipinski definition) is 1. The van der Waals surface area contributed by atoms with Gasteiger partial charge in [-0.25, -0.2) is 4.79 Å². The second-order valence-electron chi connectivity index (χ2n) is 4.35. The van der Waals surface area contributed by atoms with Gasteiger partial charge in [0, 0.05) is 7.11 Å². The van der Waals surface area contributed by atoms with Crippen molar-refractivity contribution in [3.8, 4) is 0 Å². The third kappa shape index (κ3) is 7.18. The van der Waals surface area contributed by atoms with Crippen LogP contribution in [0.15, 0.2) is 0 Å². The Kier molecular flexibility index (Phi) is 7.91. The zero-order valence-electron chi connectivity index (χ0n) is 11.3. The van der Waals surface area contributed by atoms with Crippen molar-refractivity contribution in [2.24, 2.45) is 5.73 Å². The van der Waals surface area contributed by atoms with E-state index >= 15 is 0 Å². The molecule has 102 valence electrons. The maximum Gasteiger partial charge on any atom is 0.404 e. The van der Waals surface area contributed by atoms with Gasteiger partial charge in [0.15, 0.2) is 0 Å². The van der Waals surface area contributed by atoms with Gasteiger partial charge < -0.3 is 19.9 Å². The van der Waals surface area contributed by atoms with E-state index in [-0.39, 0.29) is 18.3 Å². The second kappa shape index (κ2) is 8.31. The number of carbonyl (C=O) groups excluding carboxylic acids is 1. The van der Waals surface area contributed by atoms with Crippen LogP contribution < -0.4 is 5.73 Å². The van der Waals surface area contributed by atoms with Crippen LogP contribution in [0.4, 0.5) is 4.79 Å². The Morgan fingerprint density at radius 1 is 1.35 bits per heavy atom. The molecular formula is C12H25NO4. The van der Waals surface area contributed by atoms with Crippen molar-refractivity contribution >= 4 is 6.09 Å². The Balaban J connectivity index is 4.06. The molecule has 0 saturated carbocycles. The van der Waals surface area contributed by atoms with Gasteiger partial charge >= 0.3 is 6.09 Å². The molecule has 0 aliphatic heterocycles. The largest absolute Gasteiger partial charge is 0.447 e. The Labute approximate surface area is 104 Å². The van der Waals surface area contributed by atoms with Crippen LogP contribution in [-0.4, -0.2) is 38.1 Å². The SMILES string of the molecule is CCCC(C)(CC)OCC(COC(N)=O)OC. The fraction of sp³-hybridized carbons (Fsp3) is 0.917. The molecule has 0 heterocycles. The van der Waals surface area contributed by atoms with Gasteiger partial charge in [0.2, 0.25) is 0 Å². The van der Waals surface area contributed by atoms with Gasteiger partial charge in [-0.2, -0.15) is 0 Å². The minimum Gasteiger partial charge on any atom is -0.447 e. The highest BCUT2D eigenvalue weighted by molar-refractivity contribution is 5.64. The van der Waals surface area contributed by atoms with Crippen molar-refractivity contribution in [3.63, 3.8) is 0 Å². The van der Waals surface area contributed by atoms with E-state index in [0.29, 0.717) is 6.61 Å². The normalized spacial score (nSPS) is 16.2. The molecule has 2 N–H and O–H groups in total. The van der Waals surface area contributed by atoms with Crippen molar-refractivity contribution in [2.45, 2.75) is 51.7 Å². The van der Waals surface area contributed by atoms with Crippen molar-refractivity contribution in [1.82, 2.24) is 0 Å². The molecule has 0 aliphatic carbocycles. The van der Waals surface area contributed by atoms with Crippen LogP contribution in [-0.2, 0) is 14.2 Å². The zero-order valence-corrected chi connectivity index (χ0v) is 11.3. The Morgan fingerprint density at radius 3 is 2.41 bits per heavy atom. The predicted molar refractivity (Wildman–Crippen MR) is 65.9 cm³/mol. The summed E-state index contributed by atoms with van der Waals surface area (Å²) in [4.78, 5) is 10.5. The second-order valence-corrected chi connectivity index (χ2v) is 4.35. The van der Waals surface area contributed by atoms with E-state index in [1.165, 1.54) is 0 Å². The summed E-state index contributed by atoms with van der Waals surface area (Å²) in [6.45, 7) is 6.82. The first-order valence-corrected chi connectivity index (χ1v) is 6.06. The minimum atomic E-state index is -0.793. The van der Waals surface area contributed by atoms with E-state index in [1.54, 1.807) is 7.11 Å². The molecule has 0 aromatic rings. The maximum atomic E-state index is 10.5. The van der Waals surface area contributed by atoms with Crippen LogP contribution in [0.5, 0.6) is 0 Å². The van der Waals surface area contributed by atoms with E-state index in [0.717, 1.165) is 19.3 Å². The molecule has 5 nitrogen and oxygen atoms in total. The standard InChI is InChI=1S/C12H25NO4/c1-5-7-12(3,6-2)17-9-10(15-4)8-16-11(13)14/h10H,5-9H2,1-4H3,(H2,13,14). The van der Waals surface area contributed by atoms with E-state index in [9.17, 15) is 4.79 Å². The molecule has 5 heteroatoms. The molecule has 0 bridgehead atoms. The van der Waals surface area contributed by atoms with E-state index in [1.807, 2.05) is 0 Å². The summed E-state index contributed by atoms with van der Waals surface area (Å²) in [5.41, 5.74) is 4.75. The molecule has 2 atom stereocenters. The van der Waals surface area contributed by atoms with E-state index in [2.05, 4.69) is 25.5 Å². The van der Waals surface area contributed by atoms with Crippen LogP contribution in [0.25, 0.3) is 0 Å². The molecule has 0 saturated heterocycles. The number of methoxy groups -OCH3 is 1. The van der Waals surface area contributed by atoms with Gasteiger partial charge in [-0.1, -0.05) is 20.3 Å². The van der Waals surface area contributed by atoms with Crippen molar-refractivity contribution in [3.05, 3.63) is 0 Å². The lowest BCUT2D eigenvalue weighted by Crippen LogP contribution is -2.35. The molecule has 0 aromatic heterocycles. The number of ether oxygens (including phenoxy) is 3. The molecule has 0 spiro atoms. The molecule has 2 unspecified atom stereocenters. The van der Waals surface area contributed by atoms with Gasteiger partial charge in [-0.15, -0.1) is 0 Å². The first-order chi connectivity index (χ1) is 7.97. The predicted octanol–water partition coefficient (Wildman–Crippen LogP) is 2.08. The van der Waals surface area contributed by atoms with Crippen LogP contribution in [0.1, 0.15) is 40.0 Å². The molecule has 0 aromatic carbocycles. The highest BCUT2D eigenvalue weighted by Crippen LogP contribution is 2.22. The third-order valence-electron chi connectivity index (χ3n) is 2.89. The van der Waals surface area contributed by atoms with Gasteiger partial charge in [0.25, 0.3) is 0 Å². The number of hydrogen-bond acceptors (Lipinski definition) is 4. The maximum absolute atomic E-state index is 10.5. The summed E-state index contributed by atoms with van der Waals surface area (Å²) in [6.07, 6.45) is 1.94. The highest BCUT2D eigenvalue weighted by atomic mass is 16.6. The van der Waals surface area contributed by atoms with Gasteiger partial charge in [0.1, 0.15) is 12.7 Å². The minimum absolute atomic E-state index is 0.123. The van der Waals surface area contributed by atoms with Crippen LogP contribution in [0.2, 0.25) is 0 Å². The average molecular weight is 247 g/mol. The molecule has 0 aliphatic rings. The summed E-state index contributed by atoms with van der Waals surface area (Å²) in [6, 6.07) is 0. The van der Waals surface area contributed by atoms with Gasteiger partial charge in [-0.05, 0) is 19.8 Å². The van der Waals surface area contributed by atoms with Crippen molar-refractivity contribution in [2.75, 3.05) is 20.3 Å². The first-order valence-electron chi connectivity index (χ1n) is 6.06. The first kappa shape index (κ1) is 16.2. The topological polar surface area (TPSA) is 70.8 Å². The Morgan fingerprint density at radius 2 is 2.00 bits per heavy atom. The fourth-order valence-corrected chi connectivity index (χ4v) is 1.53. The van der Waals surface area contributed by atoms with Gasteiger partial charge in [0.05, 0.1) is 12.2 Å². The monoisotopic (exact) mass is 247 g/mol. The molecule has 17 heavy (non-hydrogen) atoms. The van der Waals surface area contributed by atoms with Crippen LogP contribution in [0.3, 0.4) is 0 Å². The number of primary amides is 1. The van der Waals surface area contributed by atoms with Crippen LogP contribution in [0, 0.1) is 0 Å². The lowest BCUT2D eigenvalue weighted by molar-refractivity contribution is -0.0956. The lowest BCUT2D eigenvalue weighted by Gasteiger charge is -2.30. The fourth-order valence-electron chi connectivity index (χ4n) is 1.53. The van der Waals surface area contributed by atoms with Gasteiger partial charge in [-0.3, -0.25) is 0 Å². The summed E-state index contributed by atoms with van der Waals surface area (Å²) in [7, 11) is 1.56. The summed E-state index contributed by atoms with van der Waals surface area (Å²) in [5, 5.41) is 0. The van der Waals surface area contributed by atoms with E-state index in [4.69, 9.17) is 15.2 Å². The number of amides is 1. The molecule has 0 fully saturated rings. The molecule has 0 rings (SSSR count). The summed E-state index contributed by atoms with van der Waals surface area (Å²) < 4.78 is 15.7. The summed E-state index contributed by atoms with van der Waals surface area (Å²) in [5.74, 6) is 0. The van der Waals surface area contributed by atoms with Crippen LogP contribution >= 0.6 is 0 Å². The molecule has 0 radical (unpaired) electrons. The number of nitrogens with two attached hydrogens (primary N) is 1. The van der Waals surface area contributed by atoms with Crippen molar-refractivity contribution < 1.29 is 19.0 Å². The lowest BCUT2D eigenvalue weighted by atomic mass is 9.97. The average Bonchev–Trinajstić information content (AvgIpc) is 2.29. The summed E-state index contributed by atoms with van der Waals surface area (Å²) >= 11 is 0. The Hall–Kier alpha value is -0.810. The zero-order chi connectivity index (χ0) is 13.3. The highest BCUT2D eigenvalue weighted by Gasteiger charge is 2.23.